The lowest BCUT2D eigenvalue weighted by Crippen LogP contribution is -2.50. The van der Waals surface area contributed by atoms with Crippen molar-refractivity contribution in [3.63, 3.8) is 0 Å². The molecule has 2 fully saturated rings. The van der Waals surface area contributed by atoms with Gasteiger partial charge in [-0.3, -0.25) is 9.59 Å². The normalized spacial score (nSPS) is 19.8. The average Bonchev–Trinajstić information content (AvgIpc) is 3.04. The van der Waals surface area contributed by atoms with E-state index in [0.29, 0.717) is 12.8 Å². The Kier molecular flexibility index (Phi) is 7.12. The third-order valence-corrected chi connectivity index (χ3v) is 10.2. The first-order chi connectivity index (χ1) is 18.1. The number of nitrogens with zero attached hydrogens (tertiary/aromatic N) is 2. The van der Waals surface area contributed by atoms with Crippen LogP contribution in [0.1, 0.15) is 44.9 Å². The molecule has 3 aromatic rings. The zero-order chi connectivity index (χ0) is 27.1. The van der Waals surface area contributed by atoms with Crippen molar-refractivity contribution in [2.75, 3.05) is 4.90 Å². The molecule has 1 aliphatic carbocycles. The molecule has 1 saturated heterocycles. The maximum Gasteiger partial charge on any atom is 0.252 e. The van der Waals surface area contributed by atoms with Crippen LogP contribution in [0.5, 0.6) is 0 Å². The molecule has 9 nitrogen and oxygen atoms in total. The van der Waals surface area contributed by atoms with Gasteiger partial charge in [0.15, 0.2) is 0 Å². The Morgan fingerprint density at radius 3 is 2.00 bits per heavy atom. The van der Waals surface area contributed by atoms with Crippen LogP contribution < -0.4 is 10.0 Å². The molecule has 1 heterocycles. The minimum Gasteiger partial charge on any atom is -0.274 e. The zero-order valence-electron chi connectivity index (χ0n) is 20.7. The first kappa shape index (κ1) is 26.5. The summed E-state index contributed by atoms with van der Waals surface area (Å²) in [5, 5.41) is 6.82. The maximum absolute atomic E-state index is 14.2. The number of fused-ring (bicyclic) bond motifs is 1. The van der Waals surface area contributed by atoms with Gasteiger partial charge in [-0.15, -0.1) is 0 Å². The van der Waals surface area contributed by atoms with Gasteiger partial charge in [0.2, 0.25) is 26.0 Å². The SMILES string of the molecule is NS(=O)(=O)c1ccc(N2C(=O)CC(N(C3CCCCCC3)S(=O)(=O)c3ccc4ccccc4c3)C2=O)cc1. The van der Waals surface area contributed by atoms with Crippen molar-refractivity contribution in [3.8, 4) is 0 Å². The monoisotopic (exact) mass is 555 g/mol. The van der Waals surface area contributed by atoms with Crippen molar-refractivity contribution in [1.82, 2.24) is 4.31 Å². The highest BCUT2D eigenvalue weighted by Gasteiger charge is 2.49. The van der Waals surface area contributed by atoms with Crippen LogP contribution in [0.4, 0.5) is 5.69 Å². The van der Waals surface area contributed by atoms with E-state index in [0.717, 1.165) is 41.4 Å². The van der Waals surface area contributed by atoms with E-state index in [9.17, 15) is 26.4 Å². The number of anilines is 1. The second kappa shape index (κ2) is 10.2. The molecule has 5 rings (SSSR count). The number of imide groups is 1. The lowest BCUT2D eigenvalue weighted by molar-refractivity contribution is -0.122. The lowest BCUT2D eigenvalue weighted by Gasteiger charge is -2.34. The third kappa shape index (κ3) is 4.98. The van der Waals surface area contributed by atoms with E-state index in [-0.39, 0.29) is 21.9 Å². The number of carbonyl (C=O) groups is 2. The Morgan fingerprint density at radius 2 is 1.37 bits per heavy atom. The molecule has 0 aromatic heterocycles. The highest BCUT2D eigenvalue weighted by atomic mass is 32.2. The standard InChI is InChI=1S/C27H29N3O6S2/c28-37(33,34)23-15-12-21(13-16-23)29-26(31)18-25(27(29)32)30(22-9-3-1-2-4-10-22)38(35,36)24-14-11-19-7-5-6-8-20(19)17-24/h5-8,11-17,22,25H,1-4,9-10,18H2,(H2,28,33,34). The summed E-state index contributed by atoms with van der Waals surface area (Å²) >= 11 is 0. The summed E-state index contributed by atoms with van der Waals surface area (Å²) in [5.41, 5.74) is 0.166. The van der Waals surface area contributed by atoms with Crippen molar-refractivity contribution >= 4 is 48.3 Å². The number of amides is 2. The minimum atomic E-state index is -4.14. The Morgan fingerprint density at radius 1 is 0.763 bits per heavy atom. The molecule has 1 saturated carbocycles. The highest BCUT2D eigenvalue weighted by Crippen LogP contribution is 2.35. The van der Waals surface area contributed by atoms with E-state index in [4.69, 9.17) is 5.14 Å². The molecule has 0 bridgehead atoms. The van der Waals surface area contributed by atoms with Crippen LogP contribution in [-0.2, 0) is 29.6 Å². The molecule has 3 aromatic carbocycles. The number of benzene rings is 3. The van der Waals surface area contributed by atoms with Crippen LogP contribution in [-0.4, -0.2) is 45.0 Å². The molecule has 0 spiro atoms. The van der Waals surface area contributed by atoms with E-state index >= 15 is 0 Å². The van der Waals surface area contributed by atoms with Gasteiger partial charge in [-0.25, -0.2) is 26.9 Å². The molecule has 0 radical (unpaired) electrons. The summed E-state index contributed by atoms with van der Waals surface area (Å²) in [6.45, 7) is 0. The van der Waals surface area contributed by atoms with Crippen LogP contribution in [0.3, 0.4) is 0 Å². The molecule has 2 amide bonds. The van der Waals surface area contributed by atoms with Crippen LogP contribution in [0, 0.1) is 0 Å². The summed E-state index contributed by atoms with van der Waals surface area (Å²) in [5.74, 6) is -1.19. The quantitative estimate of drug-likeness (QED) is 0.365. The fraction of sp³-hybridized carbons (Fsp3) is 0.333. The van der Waals surface area contributed by atoms with Gasteiger partial charge >= 0.3 is 0 Å². The van der Waals surface area contributed by atoms with E-state index in [1.807, 2.05) is 24.3 Å². The van der Waals surface area contributed by atoms with Crippen molar-refractivity contribution in [3.05, 3.63) is 66.7 Å². The number of sulfonamides is 2. The zero-order valence-corrected chi connectivity index (χ0v) is 22.3. The summed E-state index contributed by atoms with van der Waals surface area (Å²) in [7, 11) is -8.10. The van der Waals surface area contributed by atoms with Gasteiger partial charge < -0.3 is 0 Å². The number of carbonyl (C=O) groups excluding carboxylic acids is 2. The molecule has 1 aliphatic heterocycles. The number of nitrogens with two attached hydrogens (primary N) is 1. The molecule has 200 valence electrons. The first-order valence-electron chi connectivity index (χ1n) is 12.6. The Balaban J connectivity index is 1.55. The second-order valence-corrected chi connectivity index (χ2v) is 13.2. The molecule has 2 aliphatic rings. The highest BCUT2D eigenvalue weighted by molar-refractivity contribution is 7.89. The summed E-state index contributed by atoms with van der Waals surface area (Å²) in [6, 6.07) is 15.8. The third-order valence-electron chi connectivity index (χ3n) is 7.33. The molecule has 1 atom stereocenters. The van der Waals surface area contributed by atoms with Gasteiger partial charge in [0.25, 0.3) is 5.91 Å². The molecular weight excluding hydrogens is 526 g/mol. The van der Waals surface area contributed by atoms with Crippen molar-refractivity contribution in [1.29, 1.82) is 0 Å². The number of hydrogen-bond donors (Lipinski definition) is 1. The largest absolute Gasteiger partial charge is 0.274 e. The summed E-state index contributed by atoms with van der Waals surface area (Å²) in [4.78, 5) is 27.7. The van der Waals surface area contributed by atoms with Crippen LogP contribution in [0.2, 0.25) is 0 Å². The molecule has 38 heavy (non-hydrogen) atoms. The second-order valence-electron chi connectivity index (χ2n) is 9.82. The molecule has 2 N–H and O–H groups in total. The van der Waals surface area contributed by atoms with Gasteiger partial charge in [0, 0.05) is 6.04 Å². The predicted octanol–water partition coefficient (Wildman–Crippen LogP) is 3.53. The van der Waals surface area contributed by atoms with Crippen molar-refractivity contribution in [2.45, 2.75) is 66.8 Å². The predicted molar refractivity (Wildman–Crippen MR) is 143 cm³/mol. The summed E-state index contributed by atoms with van der Waals surface area (Å²) < 4.78 is 52.9. The fourth-order valence-electron chi connectivity index (χ4n) is 5.45. The Labute approximate surface area is 222 Å². The van der Waals surface area contributed by atoms with E-state index in [1.165, 1.54) is 28.6 Å². The van der Waals surface area contributed by atoms with Gasteiger partial charge in [-0.05, 0) is 60.0 Å². The van der Waals surface area contributed by atoms with Gasteiger partial charge in [-0.2, -0.15) is 4.31 Å². The fourth-order valence-corrected chi connectivity index (χ4v) is 7.83. The Hall–Kier alpha value is -3.12. The Bertz CT molecular complexity index is 1600. The van der Waals surface area contributed by atoms with Gasteiger partial charge in [-0.1, -0.05) is 56.0 Å². The van der Waals surface area contributed by atoms with Gasteiger partial charge in [0.05, 0.1) is 21.9 Å². The maximum atomic E-state index is 14.2. The van der Waals surface area contributed by atoms with E-state index < -0.39 is 43.9 Å². The molecule has 1 unspecified atom stereocenters. The van der Waals surface area contributed by atoms with E-state index in [1.54, 1.807) is 18.2 Å². The first-order valence-corrected chi connectivity index (χ1v) is 15.6. The van der Waals surface area contributed by atoms with Crippen LogP contribution in [0.15, 0.2) is 76.5 Å². The van der Waals surface area contributed by atoms with Crippen LogP contribution in [0.25, 0.3) is 10.8 Å². The topological polar surface area (TPSA) is 135 Å². The number of hydrogen-bond acceptors (Lipinski definition) is 6. The number of rotatable bonds is 6. The lowest BCUT2D eigenvalue weighted by atomic mass is 10.1. The van der Waals surface area contributed by atoms with Gasteiger partial charge in [0.1, 0.15) is 6.04 Å². The van der Waals surface area contributed by atoms with E-state index in [2.05, 4.69) is 0 Å². The van der Waals surface area contributed by atoms with Crippen molar-refractivity contribution < 1.29 is 26.4 Å². The summed E-state index contributed by atoms with van der Waals surface area (Å²) in [6.07, 6.45) is 4.56. The molecule has 11 heteroatoms. The smallest absolute Gasteiger partial charge is 0.252 e. The molecular formula is C27H29N3O6S2. The number of primary sulfonamides is 1. The average molecular weight is 556 g/mol. The van der Waals surface area contributed by atoms with Crippen LogP contribution >= 0.6 is 0 Å². The van der Waals surface area contributed by atoms with Crippen molar-refractivity contribution in [2.24, 2.45) is 5.14 Å². The minimum absolute atomic E-state index is 0.0802.